The number of fused-ring (bicyclic) bond motifs is 3. The zero-order valence-electron chi connectivity index (χ0n) is 16.4. The number of aryl methyl sites for hydroxylation is 3. The number of benzene rings is 1. The van der Waals surface area contributed by atoms with Gasteiger partial charge in [0.2, 0.25) is 0 Å². The number of carbonyl (C=O) groups is 1. The van der Waals surface area contributed by atoms with Crippen LogP contribution in [0, 0.1) is 20.8 Å². The minimum Gasteiger partial charge on any atom is -0.481 e. The lowest BCUT2D eigenvalue weighted by molar-refractivity contribution is -0.137. The fourth-order valence-corrected chi connectivity index (χ4v) is 4.80. The van der Waals surface area contributed by atoms with Gasteiger partial charge in [-0.05, 0) is 38.3 Å². The van der Waals surface area contributed by atoms with Crippen LogP contribution >= 0.6 is 11.3 Å². The molecule has 1 aliphatic rings. The minimum absolute atomic E-state index is 0.123. The fraction of sp³-hybridized carbons (Fsp3) is 0.333. The van der Waals surface area contributed by atoms with E-state index in [9.17, 15) is 9.90 Å². The second-order valence-electron chi connectivity index (χ2n) is 7.05. The maximum atomic E-state index is 11.5. The largest absolute Gasteiger partial charge is 0.481 e. The standard InChI is InChI=1S/C21H22N4O2S/c1-5-14-6-8-15(9-7-14)19-18-11(2)12(3)28-21(18)25-13(4)23-24-20(25)16(22-19)10-17(26)27/h6-9,16H,5,10H2,1-4H3,(H,26,27)/t16-/m0/s1. The molecule has 0 radical (unpaired) electrons. The van der Waals surface area contributed by atoms with Crippen LogP contribution in [-0.2, 0) is 11.2 Å². The van der Waals surface area contributed by atoms with Crippen molar-refractivity contribution >= 4 is 23.0 Å². The van der Waals surface area contributed by atoms with Gasteiger partial charge in [-0.3, -0.25) is 14.4 Å². The van der Waals surface area contributed by atoms with Gasteiger partial charge >= 0.3 is 5.97 Å². The van der Waals surface area contributed by atoms with Gasteiger partial charge in [0.1, 0.15) is 16.9 Å². The highest BCUT2D eigenvalue weighted by Crippen LogP contribution is 2.39. The van der Waals surface area contributed by atoms with Gasteiger partial charge in [0.05, 0.1) is 12.1 Å². The van der Waals surface area contributed by atoms with Crippen LogP contribution in [0.1, 0.15) is 58.2 Å². The van der Waals surface area contributed by atoms with Crippen LogP contribution < -0.4 is 0 Å². The first-order chi connectivity index (χ1) is 13.4. The Morgan fingerprint density at radius 3 is 2.54 bits per heavy atom. The number of rotatable bonds is 4. The number of aliphatic imine (C=N–C) groups is 1. The molecule has 28 heavy (non-hydrogen) atoms. The Hall–Kier alpha value is -2.80. The van der Waals surface area contributed by atoms with E-state index in [-0.39, 0.29) is 6.42 Å². The molecule has 144 valence electrons. The quantitative estimate of drug-likeness (QED) is 0.720. The summed E-state index contributed by atoms with van der Waals surface area (Å²) in [7, 11) is 0. The number of thiophene rings is 1. The van der Waals surface area contributed by atoms with Crippen LogP contribution in [0.15, 0.2) is 29.3 Å². The summed E-state index contributed by atoms with van der Waals surface area (Å²) in [5, 5.41) is 19.0. The Kier molecular flexibility index (Phi) is 4.63. The molecule has 0 amide bonds. The van der Waals surface area contributed by atoms with Gasteiger partial charge in [0.15, 0.2) is 5.82 Å². The Bertz CT molecular complexity index is 1090. The summed E-state index contributed by atoms with van der Waals surface area (Å²) < 4.78 is 1.98. The molecule has 0 aliphatic carbocycles. The van der Waals surface area contributed by atoms with Crippen molar-refractivity contribution in [2.75, 3.05) is 0 Å². The average molecular weight is 395 g/mol. The van der Waals surface area contributed by atoms with Crippen LogP contribution in [0.2, 0.25) is 0 Å². The number of nitrogens with zero attached hydrogens (tertiary/aromatic N) is 4. The molecule has 0 saturated heterocycles. The van der Waals surface area contributed by atoms with E-state index >= 15 is 0 Å². The summed E-state index contributed by atoms with van der Waals surface area (Å²) >= 11 is 1.67. The smallest absolute Gasteiger partial charge is 0.306 e. The Morgan fingerprint density at radius 2 is 1.89 bits per heavy atom. The van der Waals surface area contributed by atoms with Crippen molar-refractivity contribution in [1.82, 2.24) is 14.8 Å². The van der Waals surface area contributed by atoms with Crippen LogP contribution in [-0.4, -0.2) is 31.6 Å². The number of aromatic nitrogens is 3. The summed E-state index contributed by atoms with van der Waals surface area (Å²) in [4.78, 5) is 17.7. The van der Waals surface area contributed by atoms with E-state index in [0.717, 1.165) is 39.6 Å². The number of hydrogen-bond acceptors (Lipinski definition) is 5. The molecule has 7 heteroatoms. The van der Waals surface area contributed by atoms with Crippen molar-refractivity contribution in [2.24, 2.45) is 4.99 Å². The summed E-state index contributed by atoms with van der Waals surface area (Å²) in [5.41, 5.74) is 5.28. The number of hydrogen-bond donors (Lipinski definition) is 1. The van der Waals surface area contributed by atoms with Crippen molar-refractivity contribution < 1.29 is 9.90 Å². The molecule has 4 rings (SSSR count). The van der Waals surface area contributed by atoms with Gasteiger partial charge < -0.3 is 5.11 Å². The predicted molar refractivity (Wildman–Crippen MR) is 110 cm³/mol. The van der Waals surface area contributed by atoms with E-state index in [2.05, 4.69) is 55.2 Å². The summed E-state index contributed by atoms with van der Waals surface area (Å²) in [5.74, 6) is 0.424. The third kappa shape index (κ3) is 2.96. The van der Waals surface area contributed by atoms with Crippen LogP contribution in [0.25, 0.3) is 5.00 Å². The third-order valence-corrected chi connectivity index (χ3v) is 6.44. The van der Waals surface area contributed by atoms with E-state index in [1.807, 2.05) is 11.5 Å². The van der Waals surface area contributed by atoms with Crippen LogP contribution in [0.4, 0.5) is 0 Å². The predicted octanol–water partition coefficient (Wildman–Crippen LogP) is 4.18. The van der Waals surface area contributed by atoms with E-state index in [0.29, 0.717) is 5.82 Å². The number of carboxylic acids is 1. The second-order valence-corrected chi connectivity index (χ2v) is 8.25. The highest BCUT2D eigenvalue weighted by atomic mass is 32.1. The van der Waals surface area contributed by atoms with Gasteiger partial charge in [-0.1, -0.05) is 31.2 Å². The Labute approximate surface area is 167 Å². The molecule has 0 saturated carbocycles. The lowest BCUT2D eigenvalue weighted by Crippen LogP contribution is -2.10. The Morgan fingerprint density at radius 1 is 1.18 bits per heavy atom. The first kappa shape index (κ1) is 18.6. The van der Waals surface area contributed by atoms with Crippen molar-refractivity contribution in [1.29, 1.82) is 0 Å². The van der Waals surface area contributed by atoms with Crippen molar-refractivity contribution in [2.45, 2.75) is 46.6 Å². The van der Waals surface area contributed by atoms with E-state index < -0.39 is 12.0 Å². The monoisotopic (exact) mass is 394 g/mol. The van der Waals surface area contributed by atoms with Crippen molar-refractivity contribution in [3.8, 4) is 5.00 Å². The lowest BCUT2D eigenvalue weighted by atomic mass is 9.98. The SMILES string of the molecule is CCc1ccc(C2=N[C@@H](CC(=O)O)c3nnc(C)n3-c3sc(C)c(C)c32)cc1. The molecule has 6 nitrogen and oxygen atoms in total. The summed E-state index contributed by atoms with van der Waals surface area (Å²) in [6.07, 6.45) is 0.845. The molecule has 2 aromatic heterocycles. The molecule has 0 spiro atoms. The molecule has 1 aromatic carbocycles. The van der Waals surface area contributed by atoms with Crippen LogP contribution in [0.5, 0.6) is 0 Å². The zero-order valence-corrected chi connectivity index (χ0v) is 17.2. The molecule has 1 N–H and O–H groups in total. The zero-order chi connectivity index (χ0) is 20.0. The first-order valence-electron chi connectivity index (χ1n) is 9.32. The third-order valence-electron chi connectivity index (χ3n) is 5.24. The van der Waals surface area contributed by atoms with Gasteiger partial charge in [-0.2, -0.15) is 0 Å². The molecular formula is C21H22N4O2S. The maximum absolute atomic E-state index is 11.5. The molecule has 1 aliphatic heterocycles. The highest BCUT2D eigenvalue weighted by molar-refractivity contribution is 7.15. The fourth-order valence-electron chi connectivity index (χ4n) is 3.59. The van der Waals surface area contributed by atoms with Gasteiger partial charge in [0, 0.05) is 16.0 Å². The summed E-state index contributed by atoms with van der Waals surface area (Å²) in [6.45, 7) is 8.21. The van der Waals surface area contributed by atoms with Crippen LogP contribution in [0.3, 0.4) is 0 Å². The Balaban J connectivity index is 2.00. The number of aliphatic carboxylic acids is 1. The summed E-state index contributed by atoms with van der Waals surface area (Å²) in [6, 6.07) is 7.78. The topological polar surface area (TPSA) is 80.4 Å². The first-order valence-corrected chi connectivity index (χ1v) is 10.1. The van der Waals surface area contributed by atoms with Gasteiger partial charge in [-0.15, -0.1) is 21.5 Å². The highest BCUT2D eigenvalue weighted by Gasteiger charge is 2.32. The molecule has 0 bridgehead atoms. The normalized spacial score (nSPS) is 15.6. The lowest BCUT2D eigenvalue weighted by Gasteiger charge is -2.11. The second kappa shape index (κ2) is 6.98. The van der Waals surface area contributed by atoms with Gasteiger partial charge in [0.25, 0.3) is 0 Å². The van der Waals surface area contributed by atoms with E-state index in [4.69, 9.17) is 4.99 Å². The molecule has 0 fully saturated rings. The van der Waals surface area contributed by atoms with Gasteiger partial charge in [-0.25, -0.2) is 0 Å². The maximum Gasteiger partial charge on any atom is 0.306 e. The van der Waals surface area contributed by atoms with E-state index in [1.54, 1.807) is 11.3 Å². The van der Waals surface area contributed by atoms with Crippen molar-refractivity contribution in [3.63, 3.8) is 0 Å². The molecule has 1 atom stereocenters. The number of carboxylic acid groups (broad SMARTS) is 1. The molecule has 3 heterocycles. The molecule has 0 unspecified atom stereocenters. The van der Waals surface area contributed by atoms with Crippen molar-refractivity contribution in [3.05, 3.63) is 63.0 Å². The average Bonchev–Trinajstić information content (AvgIpc) is 3.14. The molecular weight excluding hydrogens is 372 g/mol. The molecule has 3 aromatic rings. The minimum atomic E-state index is -0.903. The van der Waals surface area contributed by atoms with E-state index in [1.165, 1.54) is 10.4 Å².